The van der Waals surface area contributed by atoms with Crippen LogP contribution in [0.5, 0.6) is 0 Å². The van der Waals surface area contributed by atoms with Gasteiger partial charge in [-0.05, 0) is 0 Å². The van der Waals surface area contributed by atoms with Crippen LogP contribution < -0.4 is 0 Å². The Hall–Kier alpha value is -1.32. The summed E-state index contributed by atoms with van der Waals surface area (Å²) in [5.74, 6) is 0.177. The number of carbonyl (C=O) groups excluding carboxylic acids is 4. The Morgan fingerprint density at radius 2 is 1.65 bits per heavy atom. The second-order valence-electron chi connectivity index (χ2n) is 2.77. The molecule has 92 valence electrons. The smallest absolute Gasteiger partial charge is 0.281 e. The van der Waals surface area contributed by atoms with Gasteiger partial charge in [0, 0.05) is 0 Å². The zero-order chi connectivity index (χ0) is 14.3. The second-order valence-corrected chi connectivity index (χ2v) is 4.29. The van der Waals surface area contributed by atoms with Gasteiger partial charge in [-0.1, -0.05) is 0 Å². The van der Waals surface area contributed by atoms with Gasteiger partial charge in [0.05, 0.1) is 0 Å². The van der Waals surface area contributed by atoms with Crippen molar-refractivity contribution in [2.75, 3.05) is 0 Å². The summed E-state index contributed by atoms with van der Waals surface area (Å²) in [7, 11) is 0. The molecule has 0 bridgehead atoms. The first-order valence-corrected chi connectivity index (χ1v) is 5.43. The second kappa shape index (κ2) is 17.1. The minimum atomic E-state index is 0.177. The monoisotopic (exact) mass is 276 g/mol. The van der Waals surface area contributed by atoms with Gasteiger partial charge in [-0.25, -0.2) is 0 Å². The van der Waals surface area contributed by atoms with Crippen LogP contribution in [0.15, 0.2) is 22.7 Å². The molecule has 0 heterocycles. The molecule has 1 aliphatic rings. The SMILES string of the molecule is CC(C)[C](=O)[Fe][C]1=CC=CC1.[C]=O.[C]=O.[C]=O. The summed E-state index contributed by atoms with van der Waals surface area (Å²) in [6, 6.07) is 0. The van der Waals surface area contributed by atoms with E-state index in [2.05, 4.69) is 26.4 Å². The molecule has 6 radical (unpaired) electrons. The van der Waals surface area contributed by atoms with Crippen LogP contribution in [0.25, 0.3) is 0 Å². The quantitative estimate of drug-likeness (QED) is 0.718. The molecule has 0 aromatic carbocycles. The maximum Gasteiger partial charge on any atom is 0.281 e. The van der Waals surface area contributed by atoms with Crippen LogP contribution in [-0.2, 0) is 34.1 Å². The van der Waals surface area contributed by atoms with E-state index in [9.17, 15) is 4.79 Å². The van der Waals surface area contributed by atoms with Crippen LogP contribution in [0.1, 0.15) is 20.3 Å². The molecule has 0 aromatic heterocycles. The van der Waals surface area contributed by atoms with Crippen molar-refractivity contribution in [1.82, 2.24) is 0 Å². The largest absolute Gasteiger partial charge is 0.281 e. The van der Waals surface area contributed by atoms with E-state index in [1.165, 1.54) is 4.47 Å². The Labute approximate surface area is 108 Å². The van der Waals surface area contributed by atoms with Crippen molar-refractivity contribution in [1.29, 1.82) is 0 Å². The summed E-state index contributed by atoms with van der Waals surface area (Å²) < 4.78 is 1.60. The Kier molecular flexibility index (Phi) is 21.1. The van der Waals surface area contributed by atoms with Gasteiger partial charge < -0.3 is 0 Å². The van der Waals surface area contributed by atoms with Gasteiger partial charge in [0.1, 0.15) is 0 Å². The Balaban J connectivity index is -0.000000285. The van der Waals surface area contributed by atoms with Crippen LogP contribution in [0, 0.1) is 5.92 Å². The van der Waals surface area contributed by atoms with E-state index >= 15 is 0 Å². The third-order valence-corrected chi connectivity index (χ3v) is 3.03. The van der Waals surface area contributed by atoms with Gasteiger partial charge in [0.2, 0.25) is 0 Å². The minimum Gasteiger partial charge on any atom is -0.281 e. The maximum absolute atomic E-state index is 11.2. The molecule has 0 spiro atoms. The zero-order valence-electron chi connectivity index (χ0n) is 9.50. The van der Waals surface area contributed by atoms with Crippen molar-refractivity contribution in [3.05, 3.63) is 22.7 Å². The predicted molar refractivity (Wildman–Crippen MR) is 58.8 cm³/mol. The Bertz CT molecular complexity index is 254. The number of carbonyl (C=O) groups is 1. The molecule has 5 heteroatoms. The average molecular weight is 276 g/mol. The fourth-order valence-corrected chi connectivity index (χ4v) is 1.80. The fraction of sp³-hybridized carbons (Fsp3) is 0.333. The molecule has 1 aliphatic carbocycles. The molecule has 0 amide bonds. The molecule has 0 unspecified atom stereocenters. The van der Waals surface area contributed by atoms with E-state index in [1.807, 2.05) is 26.0 Å². The molecule has 4 nitrogen and oxygen atoms in total. The van der Waals surface area contributed by atoms with Crippen molar-refractivity contribution in [3.63, 3.8) is 0 Å². The van der Waals surface area contributed by atoms with E-state index < -0.39 is 0 Å². The van der Waals surface area contributed by atoms with Crippen molar-refractivity contribution in [2.45, 2.75) is 20.3 Å². The minimum absolute atomic E-state index is 0.177. The van der Waals surface area contributed by atoms with E-state index in [0.29, 0.717) is 19.6 Å². The normalized spacial score (nSPS) is 11.1. The zero-order valence-corrected chi connectivity index (χ0v) is 10.6. The first-order valence-electron chi connectivity index (χ1n) is 4.33. The van der Waals surface area contributed by atoms with Gasteiger partial charge in [0.15, 0.2) is 0 Å². The molecule has 0 N–H and O–H groups in total. The number of hydrogen-bond donors (Lipinski definition) is 0. The standard InChI is InChI=1S/C5H5.C4H7O.3CO.Fe/c1-2-4-5-3-1;1-4(2)3-5;3*1-2;/h1-3H,4H2;4H,1-2H3;;;;. The molecule has 0 saturated heterocycles. The first-order chi connectivity index (χ1) is 8.20. The van der Waals surface area contributed by atoms with Crippen molar-refractivity contribution in [3.8, 4) is 0 Å². The molecule has 0 aromatic rings. The van der Waals surface area contributed by atoms with E-state index in [-0.39, 0.29) is 5.92 Å². The topological polar surface area (TPSA) is 68.3 Å². The van der Waals surface area contributed by atoms with Gasteiger partial charge >= 0.3 is 73.3 Å². The molecular weight excluding hydrogens is 264 g/mol. The number of allylic oxidation sites excluding steroid dienone is 4. The molecule has 0 aliphatic heterocycles. The summed E-state index contributed by atoms with van der Waals surface area (Å²) in [6.45, 7) is 17.4. The Morgan fingerprint density at radius 1 is 1.18 bits per heavy atom. The molecule has 0 atom stereocenters. The Morgan fingerprint density at radius 3 is 1.94 bits per heavy atom. The summed E-state index contributed by atoms with van der Waals surface area (Å²) in [4.78, 5) is 33.7. The summed E-state index contributed by atoms with van der Waals surface area (Å²) in [6.07, 6.45) is 7.12. The van der Waals surface area contributed by atoms with Gasteiger partial charge in [-0.3, -0.25) is 14.4 Å². The average Bonchev–Trinajstić information content (AvgIpc) is 2.89. The predicted octanol–water partition coefficient (Wildman–Crippen LogP) is 0.904. The van der Waals surface area contributed by atoms with Gasteiger partial charge in [-0.15, -0.1) is 0 Å². The number of hydrogen-bond acceptors (Lipinski definition) is 4. The van der Waals surface area contributed by atoms with Crippen LogP contribution in [0.3, 0.4) is 0 Å². The van der Waals surface area contributed by atoms with E-state index in [1.54, 1.807) is 0 Å². The van der Waals surface area contributed by atoms with Crippen LogP contribution >= 0.6 is 0 Å². The van der Waals surface area contributed by atoms with Crippen molar-refractivity contribution < 1.29 is 34.1 Å². The van der Waals surface area contributed by atoms with E-state index in [0.717, 1.165) is 6.42 Å². The van der Waals surface area contributed by atoms with Crippen molar-refractivity contribution in [2.24, 2.45) is 5.92 Å². The van der Waals surface area contributed by atoms with Gasteiger partial charge in [-0.2, -0.15) is 0 Å². The van der Waals surface area contributed by atoms with Crippen LogP contribution in [-0.4, -0.2) is 25.0 Å². The van der Waals surface area contributed by atoms with Crippen molar-refractivity contribution >= 4 is 25.0 Å². The molecular formula is C12H12FeO4. The van der Waals surface area contributed by atoms with Crippen LogP contribution in [0.2, 0.25) is 0 Å². The third kappa shape index (κ3) is 12.6. The molecule has 0 saturated carbocycles. The first kappa shape index (κ1) is 21.0. The van der Waals surface area contributed by atoms with E-state index in [4.69, 9.17) is 14.4 Å². The third-order valence-electron chi connectivity index (χ3n) is 1.36. The maximum atomic E-state index is 11.2. The van der Waals surface area contributed by atoms with Gasteiger partial charge in [0.25, 0.3) is 20.4 Å². The molecule has 17 heavy (non-hydrogen) atoms. The molecule has 0 fully saturated rings. The molecule has 1 rings (SSSR count). The summed E-state index contributed by atoms with van der Waals surface area (Å²) in [5, 5.41) is 0. The summed E-state index contributed by atoms with van der Waals surface area (Å²) >= 11 is 0.644. The number of rotatable bonds is 3. The van der Waals surface area contributed by atoms with Crippen LogP contribution in [0.4, 0.5) is 0 Å². The fourth-order valence-electron chi connectivity index (χ4n) is 0.695. The summed E-state index contributed by atoms with van der Waals surface area (Å²) in [5.41, 5.74) is 0.